The molecule has 0 saturated heterocycles. The molecule has 0 radical (unpaired) electrons. The number of unbranched alkanes of at least 4 members (excludes halogenated alkanes) is 15. The van der Waals surface area contributed by atoms with E-state index in [-0.39, 0.29) is 0 Å². The Bertz CT molecular complexity index is 5330. The van der Waals surface area contributed by atoms with Gasteiger partial charge in [0.25, 0.3) is 0 Å². The van der Waals surface area contributed by atoms with Crippen LogP contribution in [0.2, 0.25) is 0 Å². The van der Waals surface area contributed by atoms with Gasteiger partial charge in [-0.15, -0.1) is 0 Å². The maximum absolute atomic E-state index is 11.7. The molecule has 9 heteroatoms. The molecule has 0 spiro atoms. The molecule has 0 saturated carbocycles. The number of aryl methyl sites for hydroxylation is 4. The third-order valence-corrected chi connectivity index (χ3v) is 20.9. The Hall–Kier alpha value is -11.9. The van der Waals surface area contributed by atoms with Crippen molar-refractivity contribution in [3.8, 4) is 17.9 Å². The summed E-state index contributed by atoms with van der Waals surface area (Å²) >= 11 is 0. The van der Waals surface area contributed by atoms with E-state index in [9.17, 15) is 17.1 Å². The zero-order chi connectivity index (χ0) is 75.1. The second kappa shape index (κ2) is 37.4. The molecule has 2 heterocycles. The first-order valence-corrected chi connectivity index (χ1v) is 39.3. The van der Waals surface area contributed by atoms with Crippen LogP contribution in [-0.2, 0) is 13.1 Å². The minimum Gasteiger partial charge on any atom is -0.493 e. The third kappa shape index (κ3) is 18.0. The number of allylic oxidation sites excluding steroid dienone is 3. The third-order valence-electron chi connectivity index (χ3n) is 20.9. The first kappa shape index (κ1) is 75.8. The van der Waals surface area contributed by atoms with Crippen molar-refractivity contribution in [1.82, 2.24) is 9.13 Å². The SMILES string of the molecule is [C-]#[N+]/C(C)=C\c1cc(C)c(/C=C(\C#N)c2ccc3c4ccc(/C(=C/c5cc(N(c6ccccc6)c6ccccc6)c(/C=C(\C#N)c6ccc7c8ccc(C)cc8n(CCCCCCCC)c7c6)cc5N(c5ccccc5)c5ccccc5)[N+]#[C-])cc4n(CCCCCCCC)c3c2)cc1OCCCCCCCC. The van der Waals surface area contributed by atoms with E-state index in [1.165, 1.54) is 92.5 Å². The highest BCUT2D eigenvalue weighted by molar-refractivity contribution is 6.12. The van der Waals surface area contributed by atoms with Gasteiger partial charge in [-0.3, -0.25) is 0 Å². The summed E-state index contributed by atoms with van der Waals surface area (Å²) in [7, 11) is 0. The zero-order valence-electron chi connectivity index (χ0n) is 63.9. The lowest BCUT2D eigenvalue weighted by molar-refractivity contribution is 0.303. The number of aromatic nitrogens is 2. The molecule has 0 bridgehead atoms. The number of fused-ring (bicyclic) bond motifs is 6. The van der Waals surface area contributed by atoms with Crippen molar-refractivity contribution in [2.75, 3.05) is 16.4 Å². The molecule has 9 nitrogen and oxygen atoms in total. The molecule has 0 unspecified atom stereocenters. The van der Waals surface area contributed by atoms with E-state index in [1.807, 2.05) is 49.4 Å². The normalized spacial score (nSPS) is 12.0. The molecular weight excluding hydrogens is 1320 g/mol. The maximum Gasteiger partial charge on any atom is 0.195 e. The Labute approximate surface area is 640 Å². The number of nitrogens with zero attached hydrogens (tertiary/aromatic N) is 8. The second-order valence-electron chi connectivity index (χ2n) is 28.8. The number of rotatable bonds is 35. The van der Waals surface area contributed by atoms with Crippen LogP contribution in [0, 0.1) is 49.7 Å². The van der Waals surface area contributed by atoms with Gasteiger partial charge in [0.05, 0.1) is 54.4 Å². The van der Waals surface area contributed by atoms with Crippen LogP contribution in [0.25, 0.3) is 94.4 Å². The van der Waals surface area contributed by atoms with Gasteiger partial charge in [0, 0.05) is 90.6 Å². The van der Waals surface area contributed by atoms with Gasteiger partial charge in [0.15, 0.2) is 11.4 Å². The van der Waals surface area contributed by atoms with Gasteiger partial charge < -0.3 is 23.7 Å². The summed E-state index contributed by atoms with van der Waals surface area (Å²) in [6.45, 7) is 32.0. The number of hydrogen-bond donors (Lipinski definition) is 0. The van der Waals surface area contributed by atoms with Gasteiger partial charge in [-0.1, -0.05) is 244 Å². The fraction of sp³-hybridized carbons (Fsp3) is 0.273. The van der Waals surface area contributed by atoms with Crippen LogP contribution in [0.3, 0.4) is 0 Å². The molecule has 0 atom stereocenters. The zero-order valence-corrected chi connectivity index (χ0v) is 63.9. The van der Waals surface area contributed by atoms with Crippen molar-refractivity contribution in [3.63, 3.8) is 0 Å². The number of anilines is 6. The molecule has 108 heavy (non-hydrogen) atoms. The van der Waals surface area contributed by atoms with E-state index < -0.39 is 0 Å². The average molecular weight is 1420 g/mol. The standard InChI is InChI=1S/C99H100N8O/c1-9-12-15-18-21-36-55-104-95-58-72(4)47-51-88(95)89-52-49-76(65-96(89)104)83(71-101)62-79-67-94(107(86-43-32-26-33-44-86)87-45-34-27-35-46-87)80(68-93(79)106(84-39-28-24-29-40-84)85-41-30-25-31-42-85)63-92(103-8)77-50-54-91-90-53-48-75(64-97(90)105(98(91)66-77)56-37-22-19-16-13-10-2)82(70-100)61-78-69-99(108-57-38-23-20-17-14-11-3)81(59-73(78)5)60-74(6)102-7/h24-35,39-54,58-69H,9-23,36-38,55-57H2,1-6H3/b74-60-,82-61+,83-62+,92-63-. The van der Waals surface area contributed by atoms with Crippen LogP contribution in [0.5, 0.6) is 5.75 Å². The molecule has 0 aliphatic carbocycles. The fourth-order valence-electron chi connectivity index (χ4n) is 15.2. The van der Waals surface area contributed by atoms with Crippen LogP contribution in [0.4, 0.5) is 34.1 Å². The number of hydrogen-bond acceptors (Lipinski definition) is 5. The van der Waals surface area contributed by atoms with Gasteiger partial charge in [-0.05, 0) is 194 Å². The summed E-state index contributed by atoms with van der Waals surface area (Å²) in [5.41, 5.74) is 19.7. The lowest BCUT2D eigenvalue weighted by atomic mass is 9.96. The quantitative estimate of drug-likeness (QED) is 0.0171. The Morgan fingerprint density at radius 2 is 0.787 bits per heavy atom. The monoisotopic (exact) mass is 1420 g/mol. The molecule has 0 fully saturated rings. The predicted octanol–water partition coefficient (Wildman–Crippen LogP) is 28.7. The predicted molar refractivity (Wildman–Crippen MR) is 458 cm³/mol. The molecule has 0 aliphatic heterocycles. The lowest BCUT2D eigenvalue weighted by Crippen LogP contribution is -2.15. The van der Waals surface area contributed by atoms with E-state index in [0.717, 1.165) is 164 Å². The van der Waals surface area contributed by atoms with E-state index in [4.69, 9.17) is 11.3 Å². The van der Waals surface area contributed by atoms with Gasteiger partial charge in [0.1, 0.15) is 5.75 Å². The van der Waals surface area contributed by atoms with E-state index in [1.54, 1.807) is 0 Å². The van der Waals surface area contributed by atoms with Crippen molar-refractivity contribution < 1.29 is 4.74 Å². The van der Waals surface area contributed by atoms with Crippen molar-refractivity contribution in [2.45, 2.75) is 170 Å². The Morgan fingerprint density at radius 3 is 1.22 bits per heavy atom. The molecular formula is C99H100N8O. The van der Waals surface area contributed by atoms with Gasteiger partial charge >= 0.3 is 0 Å². The van der Waals surface area contributed by atoms with Crippen molar-refractivity contribution in [2.24, 2.45) is 0 Å². The minimum atomic E-state index is 0.459. The molecule has 0 amide bonds. The van der Waals surface area contributed by atoms with Gasteiger partial charge in [0.2, 0.25) is 0 Å². The Morgan fingerprint density at radius 1 is 0.398 bits per heavy atom. The van der Waals surface area contributed by atoms with E-state index in [2.05, 4.69) is 276 Å². The van der Waals surface area contributed by atoms with Crippen LogP contribution >= 0.6 is 0 Å². The first-order valence-electron chi connectivity index (χ1n) is 39.3. The van der Waals surface area contributed by atoms with E-state index >= 15 is 0 Å². The first-order chi connectivity index (χ1) is 53.0. The topological polar surface area (TPSA) is 81.9 Å². The number of para-hydroxylation sites is 4. The summed E-state index contributed by atoms with van der Waals surface area (Å²) in [5.74, 6) is 0.707. The maximum atomic E-state index is 11.7. The summed E-state index contributed by atoms with van der Waals surface area (Å²) in [6.07, 6.45) is 28.8. The van der Waals surface area contributed by atoms with Crippen LogP contribution in [-0.4, -0.2) is 15.7 Å². The largest absolute Gasteiger partial charge is 0.493 e. The van der Waals surface area contributed by atoms with Crippen LogP contribution < -0.4 is 14.5 Å². The van der Waals surface area contributed by atoms with Gasteiger partial charge in [-0.2, -0.15) is 10.5 Å². The number of benzene rings is 10. The molecule has 10 aromatic carbocycles. The smallest absolute Gasteiger partial charge is 0.195 e. The highest BCUT2D eigenvalue weighted by Gasteiger charge is 2.25. The summed E-state index contributed by atoms with van der Waals surface area (Å²) in [6, 6.07) is 81.7. The second-order valence-corrected chi connectivity index (χ2v) is 28.8. The molecule has 12 aromatic rings. The molecule has 542 valence electrons. The van der Waals surface area contributed by atoms with E-state index in [0.29, 0.717) is 34.9 Å². The lowest BCUT2D eigenvalue weighted by Gasteiger charge is -2.31. The van der Waals surface area contributed by atoms with Crippen molar-refractivity contribution in [3.05, 3.63) is 297 Å². The highest BCUT2D eigenvalue weighted by atomic mass is 16.5. The van der Waals surface area contributed by atoms with Crippen LogP contribution in [0.15, 0.2) is 224 Å². The Balaban J connectivity index is 1.04. The summed E-state index contributed by atoms with van der Waals surface area (Å²) < 4.78 is 11.4. The minimum absolute atomic E-state index is 0.459. The molecule has 0 aliphatic rings. The average Bonchev–Trinajstić information content (AvgIpc) is 1.37. The highest BCUT2D eigenvalue weighted by Crippen LogP contribution is 2.47. The van der Waals surface area contributed by atoms with Crippen LogP contribution in [0.1, 0.15) is 193 Å². The summed E-state index contributed by atoms with van der Waals surface area (Å²) in [4.78, 5) is 12.7. The number of nitriles is 2. The molecule has 2 aromatic heterocycles. The van der Waals surface area contributed by atoms with Crippen molar-refractivity contribution >= 4 is 119 Å². The fourth-order valence-corrected chi connectivity index (χ4v) is 15.2. The molecule has 12 rings (SSSR count). The number of ether oxygens (including phenoxy) is 1. The Kier molecular flexibility index (Phi) is 26.2. The van der Waals surface area contributed by atoms with Crippen molar-refractivity contribution in [1.29, 1.82) is 10.5 Å². The summed E-state index contributed by atoms with van der Waals surface area (Å²) in [5, 5.41) is 27.4. The molecule has 0 N–H and O–H groups in total. The van der Waals surface area contributed by atoms with Gasteiger partial charge in [-0.25, -0.2) is 9.69 Å².